The van der Waals surface area contributed by atoms with Gasteiger partial charge in [-0.25, -0.2) is 14.8 Å². The van der Waals surface area contributed by atoms with E-state index in [4.69, 9.17) is 4.74 Å². The maximum atomic E-state index is 13.9. The van der Waals surface area contributed by atoms with Crippen LogP contribution < -0.4 is 10.3 Å². The predicted octanol–water partition coefficient (Wildman–Crippen LogP) is 2.21. The molecule has 0 spiro atoms. The molecule has 6 nitrogen and oxygen atoms in total. The Balaban J connectivity index is 1.70. The second kappa shape index (κ2) is 7.15. The third-order valence-electron chi connectivity index (χ3n) is 3.46. The minimum Gasteiger partial charge on any atom is -0.378 e. The van der Waals surface area contributed by atoms with E-state index in [0.717, 1.165) is 17.3 Å². The zero-order valence-corrected chi connectivity index (χ0v) is 12.9. The third kappa shape index (κ3) is 4.01. The molecule has 2 heterocycles. The SMILES string of the molecule is Cc1cccc(C=NNc2ncc(F)c(N3CCOCC3)n2)c1. The first-order valence-electron chi connectivity index (χ1n) is 7.43. The smallest absolute Gasteiger partial charge is 0.245 e. The molecule has 3 rings (SSSR count). The average molecular weight is 315 g/mol. The molecule has 1 saturated heterocycles. The van der Waals surface area contributed by atoms with Crippen LogP contribution in [0.1, 0.15) is 11.1 Å². The van der Waals surface area contributed by atoms with Crippen molar-refractivity contribution < 1.29 is 9.13 Å². The molecule has 1 aromatic carbocycles. The van der Waals surface area contributed by atoms with E-state index in [1.165, 1.54) is 0 Å². The van der Waals surface area contributed by atoms with Crippen molar-refractivity contribution in [2.24, 2.45) is 5.10 Å². The number of benzene rings is 1. The number of hydrazone groups is 1. The molecule has 0 amide bonds. The predicted molar refractivity (Wildman–Crippen MR) is 87.4 cm³/mol. The van der Waals surface area contributed by atoms with E-state index in [2.05, 4.69) is 20.5 Å². The zero-order valence-electron chi connectivity index (χ0n) is 12.9. The molecule has 0 radical (unpaired) electrons. The molecule has 1 fully saturated rings. The highest BCUT2D eigenvalue weighted by Gasteiger charge is 2.17. The van der Waals surface area contributed by atoms with Crippen LogP contribution in [0.5, 0.6) is 0 Å². The maximum absolute atomic E-state index is 13.9. The van der Waals surface area contributed by atoms with Gasteiger partial charge in [0.05, 0.1) is 25.6 Å². The summed E-state index contributed by atoms with van der Waals surface area (Å²) in [7, 11) is 0. The molecule has 0 saturated carbocycles. The molecule has 1 aliphatic rings. The summed E-state index contributed by atoms with van der Waals surface area (Å²) in [6.45, 7) is 4.37. The van der Waals surface area contributed by atoms with Gasteiger partial charge in [0.1, 0.15) is 0 Å². The van der Waals surface area contributed by atoms with E-state index in [1.807, 2.05) is 36.1 Å². The first kappa shape index (κ1) is 15.4. The minimum absolute atomic E-state index is 0.261. The van der Waals surface area contributed by atoms with Crippen molar-refractivity contribution in [2.75, 3.05) is 36.6 Å². The Bertz CT molecular complexity index is 701. The summed E-state index contributed by atoms with van der Waals surface area (Å²) in [5.74, 6) is 0.0912. The van der Waals surface area contributed by atoms with Crippen LogP contribution in [-0.4, -0.2) is 42.5 Å². The summed E-state index contributed by atoms with van der Waals surface area (Å²) in [4.78, 5) is 9.96. The van der Waals surface area contributed by atoms with Gasteiger partial charge < -0.3 is 9.64 Å². The lowest BCUT2D eigenvalue weighted by Crippen LogP contribution is -2.37. The second-order valence-electron chi connectivity index (χ2n) is 5.25. The Morgan fingerprint density at radius 2 is 2.17 bits per heavy atom. The molecule has 23 heavy (non-hydrogen) atoms. The van der Waals surface area contributed by atoms with Crippen molar-refractivity contribution in [3.63, 3.8) is 0 Å². The number of aromatic nitrogens is 2. The topological polar surface area (TPSA) is 62.6 Å². The Morgan fingerprint density at radius 3 is 2.96 bits per heavy atom. The number of anilines is 2. The summed E-state index contributed by atoms with van der Waals surface area (Å²) < 4.78 is 19.2. The Kier molecular flexibility index (Phi) is 4.77. The van der Waals surface area contributed by atoms with Crippen molar-refractivity contribution in [2.45, 2.75) is 6.92 Å². The molecule has 120 valence electrons. The van der Waals surface area contributed by atoms with Crippen molar-refractivity contribution in [3.05, 3.63) is 47.4 Å². The average Bonchev–Trinajstić information content (AvgIpc) is 2.57. The van der Waals surface area contributed by atoms with E-state index in [9.17, 15) is 4.39 Å². The number of ether oxygens (including phenoxy) is 1. The molecule has 0 unspecified atom stereocenters. The van der Waals surface area contributed by atoms with Gasteiger partial charge in [-0.3, -0.25) is 0 Å². The van der Waals surface area contributed by atoms with Crippen molar-refractivity contribution in [3.8, 4) is 0 Å². The number of hydrogen-bond donors (Lipinski definition) is 1. The van der Waals surface area contributed by atoms with Gasteiger partial charge in [0.25, 0.3) is 0 Å². The standard InChI is InChI=1S/C16H18FN5O/c1-12-3-2-4-13(9-12)10-19-21-16-18-11-14(17)15(20-16)22-5-7-23-8-6-22/h2-4,9-11H,5-8H2,1H3,(H,18,20,21). The molecule has 0 atom stereocenters. The van der Waals surface area contributed by atoms with Gasteiger partial charge >= 0.3 is 0 Å². The summed E-state index contributed by atoms with van der Waals surface area (Å²) in [5, 5.41) is 4.10. The van der Waals surface area contributed by atoms with Crippen LogP contribution in [0.4, 0.5) is 16.2 Å². The van der Waals surface area contributed by atoms with Crippen LogP contribution in [0.25, 0.3) is 0 Å². The highest BCUT2D eigenvalue weighted by molar-refractivity contribution is 5.80. The highest BCUT2D eigenvalue weighted by Crippen LogP contribution is 2.18. The molecule has 1 aliphatic heterocycles. The summed E-state index contributed by atoms with van der Waals surface area (Å²) in [6, 6.07) is 7.93. The fourth-order valence-corrected chi connectivity index (χ4v) is 2.32. The van der Waals surface area contributed by atoms with Crippen LogP contribution in [0.15, 0.2) is 35.6 Å². The minimum atomic E-state index is -0.444. The van der Waals surface area contributed by atoms with E-state index >= 15 is 0 Å². The van der Waals surface area contributed by atoms with Gasteiger partial charge in [0, 0.05) is 13.1 Å². The van der Waals surface area contributed by atoms with Gasteiger partial charge in [0.15, 0.2) is 11.6 Å². The third-order valence-corrected chi connectivity index (χ3v) is 3.46. The zero-order chi connectivity index (χ0) is 16.1. The van der Waals surface area contributed by atoms with Gasteiger partial charge in [-0.2, -0.15) is 10.1 Å². The quantitative estimate of drug-likeness (QED) is 0.692. The monoisotopic (exact) mass is 315 g/mol. The van der Waals surface area contributed by atoms with Gasteiger partial charge in [-0.05, 0) is 12.5 Å². The molecule has 1 N–H and O–H groups in total. The highest BCUT2D eigenvalue weighted by atomic mass is 19.1. The number of hydrogen-bond acceptors (Lipinski definition) is 6. The lowest BCUT2D eigenvalue weighted by atomic mass is 10.2. The maximum Gasteiger partial charge on any atom is 0.245 e. The fraction of sp³-hybridized carbons (Fsp3) is 0.312. The van der Waals surface area contributed by atoms with Crippen LogP contribution in [0, 0.1) is 12.7 Å². The Labute approximate surface area is 134 Å². The molecule has 0 bridgehead atoms. The van der Waals surface area contributed by atoms with E-state index in [0.29, 0.717) is 26.3 Å². The van der Waals surface area contributed by atoms with Crippen molar-refractivity contribution >= 4 is 18.0 Å². The Morgan fingerprint density at radius 1 is 1.35 bits per heavy atom. The molecular formula is C16H18FN5O. The van der Waals surface area contributed by atoms with E-state index in [1.54, 1.807) is 6.21 Å². The van der Waals surface area contributed by atoms with Crippen LogP contribution in [0.3, 0.4) is 0 Å². The van der Waals surface area contributed by atoms with Gasteiger partial charge in [0.2, 0.25) is 5.95 Å². The number of halogens is 1. The molecule has 0 aliphatic carbocycles. The normalized spacial score (nSPS) is 15.1. The number of nitrogens with one attached hydrogen (secondary N) is 1. The molecular weight excluding hydrogens is 297 g/mol. The van der Waals surface area contributed by atoms with Gasteiger partial charge in [-0.1, -0.05) is 29.8 Å². The number of rotatable bonds is 4. The first-order chi connectivity index (χ1) is 11.2. The molecule has 1 aromatic heterocycles. The lowest BCUT2D eigenvalue weighted by molar-refractivity contribution is 0.122. The largest absolute Gasteiger partial charge is 0.378 e. The molecule has 2 aromatic rings. The second-order valence-corrected chi connectivity index (χ2v) is 5.25. The first-order valence-corrected chi connectivity index (χ1v) is 7.43. The van der Waals surface area contributed by atoms with Crippen LogP contribution in [-0.2, 0) is 4.74 Å². The number of nitrogens with zero attached hydrogens (tertiary/aromatic N) is 4. The van der Waals surface area contributed by atoms with Crippen LogP contribution in [0.2, 0.25) is 0 Å². The number of morpholine rings is 1. The van der Waals surface area contributed by atoms with E-state index < -0.39 is 5.82 Å². The fourth-order valence-electron chi connectivity index (χ4n) is 2.32. The summed E-state index contributed by atoms with van der Waals surface area (Å²) >= 11 is 0. The molecule has 7 heteroatoms. The summed E-state index contributed by atoms with van der Waals surface area (Å²) in [5.41, 5.74) is 4.86. The van der Waals surface area contributed by atoms with E-state index in [-0.39, 0.29) is 11.8 Å². The van der Waals surface area contributed by atoms with Crippen molar-refractivity contribution in [1.29, 1.82) is 0 Å². The summed E-state index contributed by atoms with van der Waals surface area (Å²) in [6.07, 6.45) is 2.83. The Hall–Kier alpha value is -2.54. The van der Waals surface area contributed by atoms with Gasteiger partial charge in [-0.15, -0.1) is 0 Å². The van der Waals surface area contributed by atoms with Crippen LogP contribution >= 0.6 is 0 Å². The van der Waals surface area contributed by atoms with Crippen molar-refractivity contribution in [1.82, 2.24) is 9.97 Å². The lowest BCUT2D eigenvalue weighted by Gasteiger charge is -2.27. The number of aryl methyl sites for hydroxylation is 1.